The van der Waals surface area contributed by atoms with Gasteiger partial charge in [-0.25, -0.2) is 8.42 Å². The van der Waals surface area contributed by atoms with Gasteiger partial charge in [0.2, 0.25) is 5.52 Å². The van der Waals surface area contributed by atoms with E-state index in [1.54, 1.807) is 12.1 Å². The molecule has 0 bridgehead atoms. The van der Waals surface area contributed by atoms with E-state index in [1.165, 1.54) is 81.2 Å². The normalized spacial score (nSPS) is 16.3. The van der Waals surface area contributed by atoms with Crippen molar-refractivity contribution in [2.75, 3.05) is 11.4 Å². The minimum atomic E-state index is -4.27. The largest absolute Gasteiger partial charge is 0.744 e. The molecule has 0 saturated carbocycles. The summed E-state index contributed by atoms with van der Waals surface area (Å²) in [5, 5.41) is 7.96. The second kappa shape index (κ2) is 14.6. The van der Waals surface area contributed by atoms with Crippen LogP contribution >= 0.6 is 23.1 Å². The molecule has 0 unspecified atom stereocenters. The molecule has 1 aromatic heterocycles. The maximum Gasteiger partial charge on any atom is 0.262 e. The number of aromatic nitrogens is 1. The summed E-state index contributed by atoms with van der Waals surface area (Å²) in [4.78, 5) is 3.66. The second-order valence-corrected chi connectivity index (χ2v) is 16.2. The molecular formula is C43H40N2O3S3. The summed E-state index contributed by atoms with van der Waals surface area (Å²) in [6, 6.07) is 32.3. The van der Waals surface area contributed by atoms with Crippen molar-refractivity contribution in [3.8, 4) is 0 Å². The molecule has 5 aromatic carbocycles. The first kappa shape index (κ1) is 35.0. The maximum absolute atomic E-state index is 10.4. The van der Waals surface area contributed by atoms with Gasteiger partial charge in [0.25, 0.3) is 5.01 Å². The van der Waals surface area contributed by atoms with Crippen LogP contribution in [0.4, 0.5) is 5.69 Å². The molecule has 5 nitrogen and oxygen atoms in total. The molecule has 0 amide bonds. The molecule has 6 aromatic rings. The third kappa shape index (κ3) is 7.06. The van der Waals surface area contributed by atoms with Crippen LogP contribution in [-0.2, 0) is 16.7 Å². The Kier molecular flexibility index (Phi) is 10.0. The molecule has 0 fully saturated rings. The predicted molar refractivity (Wildman–Crippen MR) is 214 cm³/mol. The van der Waals surface area contributed by atoms with Gasteiger partial charge in [0.1, 0.15) is 21.4 Å². The first-order chi connectivity index (χ1) is 24.7. The Morgan fingerprint density at radius 2 is 1.49 bits per heavy atom. The molecule has 0 atom stereocenters. The van der Waals surface area contributed by atoms with Crippen LogP contribution in [-0.4, -0.2) is 19.5 Å². The van der Waals surface area contributed by atoms with E-state index >= 15 is 0 Å². The summed E-state index contributed by atoms with van der Waals surface area (Å²) < 4.78 is 35.0. The Labute approximate surface area is 308 Å². The van der Waals surface area contributed by atoms with Crippen LogP contribution in [0.25, 0.3) is 37.8 Å². The number of benzene rings is 5. The SMILES string of the molecule is CCN1/C(=C/C=C2\CCC(/C=C/c3sc4c5ccccc5ccc4[n+]3CC)=C2C)Sc2c1ccc1ccccc21.Cc1ccc(S(=O)(=O)[O-])cc1. The van der Waals surface area contributed by atoms with Crippen molar-refractivity contribution in [2.24, 2.45) is 0 Å². The van der Waals surface area contributed by atoms with Gasteiger partial charge >= 0.3 is 0 Å². The molecule has 0 saturated heterocycles. The van der Waals surface area contributed by atoms with Crippen molar-refractivity contribution in [3.63, 3.8) is 0 Å². The zero-order chi connectivity index (χ0) is 35.7. The van der Waals surface area contributed by atoms with E-state index in [2.05, 4.69) is 127 Å². The highest BCUT2D eigenvalue weighted by atomic mass is 32.2. The summed E-state index contributed by atoms with van der Waals surface area (Å²) in [5.74, 6) is 0. The molecule has 1 aliphatic heterocycles. The zero-order valence-corrected chi connectivity index (χ0v) is 31.7. The number of thiazole rings is 1. The maximum atomic E-state index is 10.4. The Hall–Kier alpha value is -4.47. The van der Waals surface area contributed by atoms with Crippen LogP contribution in [0.1, 0.15) is 44.2 Å². The number of anilines is 1. The van der Waals surface area contributed by atoms with Gasteiger partial charge in [0.05, 0.1) is 15.6 Å². The lowest BCUT2D eigenvalue weighted by Gasteiger charge is -2.18. The molecular weight excluding hydrogens is 689 g/mol. The summed E-state index contributed by atoms with van der Waals surface area (Å²) in [6.07, 6.45) is 11.6. The quantitative estimate of drug-likeness (QED) is 0.126. The lowest BCUT2D eigenvalue weighted by molar-refractivity contribution is -0.665. The summed E-state index contributed by atoms with van der Waals surface area (Å²) >= 11 is 3.82. The number of nitrogens with zero attached hydrogens (tertiary/aromatic N) is 2. The van der Waals surface area contributed by atoms with E-state index < -0.39 is 10.1 Å². The van der Waals surface area contributed by atoms with Gasteiger partial charge in [-0.15, -0.1) is 0 Å². The molecule has 0 N–H and O–H groups in total. The number of hydrogen-bond acceptors (Lipinski definition) is 6. The van der Waals surface area contributed by atoms with Crippen LogP contribution in [0.5, 0.6) is 0 Å². The Bertz CT molecular complexity index is 2520. The van der Waals surface area contributed by atoms with Crippen LogP contribution in [0.3, 0.4) is 0 Å². The fraction of sp³-hybridized carbons (Fsp3) is 0.186. The highest BCUT2D eigenvalue weighted by molar-refractivity contribution is 8.04. The Morgan fingerprint density at radius 3 is 2.20 bits per heavy atom. The Morgan fingerprint density at radius 1 is 0.804 bits per heavy atom. The fourth-order valence-electron chi connectivity index (χ4n) is 6.88. The van der Waals surface area contributed by atoms with E-state index in [4.69, 9.17) is 0 Å². The van der Waals surface area contributed by atoms with Crippen molar-refractivity contribution >= 4 is 76.7 Å². The number of fused-ring (bicyclic) bond motifs is 6. The molecule has 1 aliphatic carbocycles. The number of allylic oxidation sites excluding steroid dienone is 6. The molecule has 258 valence electrons. The van der Waals surface area contributed by atoms with Crippen molar-refractivity contribution in [3.05, 3.63) is 148 Å². The van der Waals surface area contributed by atoms with Crippen LogP contribution in [0.15, 0.2) is 147 Å². The van der Waals surface area contributed by atoms with Gasteiger partial charge in [-0.1, -0.05) is 108 Å². The first-order valence-corrected chi connectivity index (χ1v) is 20.3. The average Bonchev–Trinajstić information content (AvgIpc) is 3.81. The van der Waals surface area contributed by atoms with Crippen molar-refractivity contribution < 1.29 is 17.5 Å². The number of hydrogen-bond donors (Lipinski definition) is 0. The second-order valence-electron chi connectivity index (χ2n) is 12.7. The van der Waals surface area contributed by atoms with E-state index in [9.17, 15) is 13.0 Å². The molecule has 51 heavy (non-hydrogen) atoms. The van der Waals surface area contributed by atoms with E-state index in [1.807, 2.05) is 30.0 Å². The first-order valence-electron chi connectivity index (χ1n) is 17.3. The lowest BCUT2D eigenvalue weighted by atomic mass is 10.1. The van der Waals surface area contributed by atoms with Gasteiger partial charge in [-0.05, 0) is 104 Å². The van der Waals surface area contributed by atoms with Gasteiger partial charge in [-0.2, -0.15) is 4.57 Å². The summed E-state index contributed by atoms with van der Waals surface area (Å²) in [5.41, 5.74) is 7.93. The lowest BCUT2D eigenvalue weighted by Crippen LogP contribution is -2.33. The third-order valence-electron chi connectivity index (χ3n) is 9.67. The van der Waals surface area contributed by atoms with Crippen molar-refractivity contribution in [2.45, 2.75) is 56.9 Å². The Balaban J connectivity index is 0.000000318. The van der Waals surface area contributed by atoms with Gasteiger partial charge in [-0.3, -0.25) is 0 Å². The molecule has 0 spiro atoms. The molecule has 8 rings (SSSR count). The molecule has 0 radical (unpaired) electrons. The van der Waals surface area contributed by atoms with E-state index in [-0.39, 0.29) is 4.90 Å². The van der Waals surface area contributed by atoms with Gasteiger partial charge in [0.15, 0.2) is 0 Å². The smallest absolute Gasteiger partial charge is 0.262 e. The summed E-state index contributed by atoms with van der Waals surface area (Å²) in [6.45, 7) is 10.5. The van der Waals surface area contributed by atoms with Gasteiger partial charge < -0.3 is 9.45 Å². The van der Waals surface area contributed by atoms with Crippen molar-refractivity contribution in [1.82, 2.24) is 0 Å². The molecule has 2 aliphatic rings. The number of rotatable bonds is 6. The van der Waals surface area contributed by atoms with Gasteiger partial charge in [0, 0.05) is 29.0 Å². The molecule has 2 heterocycles. The number of thioether (sulfide) groups is 1. The van der Waals surface area contributed by atoms with Crippen molar-refractivity contribution in [1.29, 1.82) is 0 Å². The van der Waals surface area contributed by atoms with Crippen LogP contribution < -0.4 is 9.47 Å². The highest BCUT2D eigenvalue weighted by Crippen LogP contribution is 2.49. The minimum Gasteiger partial charge on any atom is -0.744 e. The third-order valence-corrected chi connectivity index (χ3v) is 12.9. The van der Waals surface area contributed by atoms with E-state index in [0.29, 0.717) is 0 Å². The van der Waals surface area contributed by atoms with E-state index in [0.717, 1.165) is 31.5 Å². The average molecular weight is 729 g/mol. The molecule has 8 heteroatoms. The minimum absolute atomic E-state index is 0.178. The number of aryl methyl sites for hydroxylation is 2. The van der Waals surface area contributed by atoms with Crippen LogP contribution in [0, 0.1) is 6.92 Å². The topological polar surface area (TPSA) is 64.3 Å². The summed E-state index contributed by atoms with van der Waals surface area (Å²) in [7, 11) is -4.27. The fourth-order valence-corrected chi connectivity index (χ4v) is 9.87. The zero-order valence-electron chi connectivity index (χ0n) is 29.2. The predicted octanol–water partition coefficient (Wildman–Crippen LogP) is 10.9. The standard InChI is InChI=1S/C36H33N2S2.C7H8O3S/c1-4-37-31-20-16-27-10-6-8-12-29(27)35(31)39-33(37)22-18-25-14-15-26(24(25)3)19-23-34-38(5-2)32-21-17-28-11-7-9-13-30(28)36(32)40-34;1-6-2-4-7(5-3-6)11(8,9)10/h6-13,16-23H,4-5,14-15H2,1-3H3;2-5H,1H3,(H,8,9,10)/q+1;/p-1. The van der Waals surface area contributed by atoms with Crippen LogP contribution in [0.2, 0.25) is 0 Å². The monoisotopic (exact) mass is 728 g/mol. The highest BCUT2D eigenvalue weighted by Gasteiger charge is 2.26.